The summed E-state index contributed by atoms with van der Waals surface area (Å²) in [5.41, 5.74) is 9.90. The Morgan fingerprint density at radius 3 is 1.74 bits per heavy atom. The van der Waals surface area contributed by atoms with Gasteiger partial charge in [0.25, 0.3) is 0 Å². The molecule has 0 amide bonds. The minimum Gasteiger partial charge on any atom is -0.497 e. The predicted octanol–water partition coefficient (Wildman–Crippen LogP) is 3.84. The number of ether oxygens (including phenoxy) is 2. The van der Waals surface area contributed by atoms with Gasteiger partial charge in [-0.15, -0.1) is 0 Å². The molecule has 4 aromatic rings. The molecule has 0 fully saturated rings. The van der Waals surface area contributed by atoms with E-state index in [9.17, 15) is 8.42 Å². The Labute approximate surface area is 229 Å². The van der Waals surface area contributed by atoms with Crippen LogP contribution >= 0.6 is 0 Å². The molecule has 10 nitrogen and oxygen atoms in total. The van der Waals surface area contributed by atoms with Gasteiger partial charge in [-0.3, -0.25) is 9.97 Å². The molecular formula is C28H34N6O4S. The fraction of sp³-hybridized carbons (Fsp3) is 0.286. The lowest BCUT2D eigenvalue weighted by atomic mass is 10.2. The average Bonchev–Trinajstić information content (AvgIpc) is 2.96. The lowest BCUT2D eigenvalue weighted by Crippen LogP contribution is -2.28. The normalized spacial score (nSPS) is 11.0. The van der Waals surface area contributed by atoms with Gasteiger partial charge < -0.3 is 15.2 Å². The van der Waals surface area contributed by atoms with E-state index < -0.39 is 10.0 Å². The van der Waals surface area contributed by atoms with Crippen molar-refractivity contribution in [1.82, 2.24) is 24.7 Å². The van der Waals surface area contributed by atoms with E-state index in [1.165, 1.54) is 0 Å². The second-order valence-corrected chi connectivity index (χ2v) is 10.7. The van der Waals surface area contributed by atoms with Crippen LogP contribution in [0.15, 0.2) is 73.1 Å². The molecule has 0 aliphatic heterocycles. The molecule has 3 N–H and O–H groups in total. The fourth-order valence-electron chi connectivity index (χ4n) is 3.52. The van der Waals surface area contributed by atoms with E-state index >= 15 is 0 Å². The summed E-state index contributed by atoms with van der Waals surface area (Å²) in [6, 6.07) is 18.4. The standard InChI is InChI=1S/C16H21N3O3S.C12H13N3O/c1-12(2)11-23(20,21)18-10-13-8-14(22-3)9-16(19-13)15-6-4-5-7-17-15;1-16-10-6-9(8-13)15-12(7-10)11-4-2-3-5-14-11/h4-9,12,18H,10-11H2,1-3H3;2-7H,8,13H2,1H3. The molecule has 4 rings (SSSR count). The van der Waals surface area contributed by atoms with Gasteiger partial charge in [-0.05, 0) is 30.2 Å². The van der Waals surface area contributed by atoms with Crippen LogP contribution in [0.25, 0.3) is 22.8 Å². The molecule has 0 unspecified atom stereocenters. The highest BCUT2D eigenvalue weighted by Gasteiger charge is 2.14. The summed E-state index contributed by atoms with van der Waals surface area (Å²) < 4.78 is 36.9. The van der Waals surface area contributed by atoms with Gasteiger partial charge >= 0.3 is 0 Å². The smallest absolute Gasteiger partial charge is 0.212 e. The molecule has 39 heavy (non-hydrogen) atoms. The summed E-state index contributed by atoms with van der Waals surface area (Å²) in [5.74, 6) is 1.51. The Morgan fingerprint density at radius 2 is 1.31 bits per heavy atom. The van der Waals surface area contributed by atoms with Gasteiger partial charge in [-0.2, -0.15) is 0 Å². The zero-order valence-electron chi connectivity index (χ0n) is 22.5. The highest BCUT2D eigenvalue weighted by Crippen LogP contribution is 2.22. The number of methoxy groups -OCH3 is 2. The van der Waals surface area contributed by atoms with Crippen molar-refractivity contribution in [2.45, 2.75) is 26.9 Å². The fourth-order valence-corrected chi connectivity index (χ4v) is 4.89. The molecule has 206 valence electrons. The lowest BCUT2D eigenvalue weighted by molar-refractivity contribution is 0.413. The van der Waals surface area contributed by atoms with Gasteiger partial charge in [-0.25, -0.2) is 23.1 Å². The monoisotopic (exact) mass is 550 g/mol. The van der Waals surface area contributed by atoms with Crippen molar-refractivity contribution in [2.24, 2.45) is 11.7 Å². The number of nitrogens with one attached hydrogen (secondary N) is 1. The molecule has 0 saturated carbocycles. The maximum absolute atomic E-state index is 11.9. The Balaban J connectivity index is 0.000000230. The van der Waals surface area contributed by atoms with Gasteiger partial charge in [0.15, 0.2) is 0 Å². The third kappa shape index (κ3) is 9.40. The first-order valence-corrected chi connectivity index (χ1v) is 14.0. The second kappa shape index (κ2) is 14.3. The first-order valence-electron chi connectivity index (χ1n) is 12.3. The predicted molar refractivity (Wildman–Crippen MR) is 151 cm³/mol. The van der Waals surface area contributed by atoms with Crippen molar-refractivity contribution in [3.05, 3.63) is 84.4 Å². The van der Waals surface area contributed by atoms with Gasteiger partial charge in [0.05, 0.1) is 60.7 Å². The second-order valence-electron chi connectivity index (χ2n) is 8.90. The van der Waals surface area contributed by atoms with Crippen molar-refractivity contribution >= 4 is 10.0 Å². The van der Waals surface area contributed by atoms with Crippen LogP contribution in [-0.2, 0) is 23.1 Å². The van der Waals surface area contributed by atoms with Gasteiger partial charge in [0.2, 0.25) is 10.0 Å². The number of nitrogens with two attached hydrogens (primary N) is 1. The summed E-state index contributed by atoms with van der Waals surface area (Å²) >= 11 is 0. The number of hydrogen-bond acceptors (Lipinski definition) is 9. The van der Waals surface area contributed by atoms with E-state index in [0.717, 1.165) is 22.8 Å². The molecule has 4 aromatic heterocycles. The summed E-state index contributed by atoms with van der Waals surface area (Å²) in [5, 5.41) is 0. The Bertz CT molecular complexity index is 1410. The van der Waals surface area contributed by atoms with Crippen molar-refractivity contribution in [3.63, 3.8) is 0 Å². The van der Waals surface area contributed by atoms with Gasteiger partial charge in [0, 0.05) is 43.2 Å². The molecule has 0 atom stereocenters. The Kier molecular flexibility index (Phi) is 10.9. The van der Waals surface area contributed by atoms with Crippen LogP contribution in [0.4, 0.5) is 0 Å². The van der Waals surface area contributed by atoms with E-state index in [2.05, 4.69) is 24.7 Å². The minimum atomic E-state index is -3.32. The third-order valence-corrected chi connectivity index (χ3v) is 6.95. The number of sulfonamides is 1. The van der Waals surface area contributed by atoms with E-state index in [-0.39, 0.29) is 18.2 Å². The van der Waals surface area contributed by atoms with E-state index in [0.29, 0.717) is 29.4 Å². The van der Waals surface area contributed by atoms with Crippen molar-refractivity contribution in [3.8, 4) is 34.3 Å². The third-order valence-electron chi connectivity index (χ3n) is 5.26. The van der Waals surface area contributed by atoms with Crippen LogP contribution in [0.2, 0.25) is 0 Å². The van der Waals surface area contributed by atoms with Crippen LogP contribution in [0.5, 0.6) is 11.5 Å². The number of pyridine rings is 4. The first kappa shape index (κ1) is 29.6. The SMILES string of the molecule is COc1cc(CN)nc(-c2ccccn2)c1.COc1cc(CNS(=O)(=O)CC(C)C)nc(-c2ccccn2)c1. The Hall–Kier alpha value is -3.93. The quantitative estimate of drug-likeness (QED) is 0.301. The van der Waals surface area contributed by atoms with Crippen molar-refractivity contribution in [1.29, 1.82) is 0 Å². The molecule has 0 bridgehead atoms. The Morgan fingerprint density at radius 1 is 0.795 bits per heavy atom. The van der Waals surface area contributed by atoms with Crippen LogP contribution in [0, 0.1) is 5.92 Å². The highest BCUT2D eigenvalue weighted by molar-refractivity contribution is 7.89. The molecule has 0 aliphatic carbocycles. The maximum Gasteiger partial charge on any atom is 0.212 e. The van der Waals surface area contributed by atoms with Crippen molar-refractivity contribution in [2.75, 3.05) is 20.0 Å². The summed E-state index contributed by atoms with van der Waals surface area (Å²) in [6.45, 7) is 4.23. The molecule has 0 saturated heterocycles. The van der Waals surface area contributed by atoms with Crippen LogP contribution in [0.3, 0.4) is 0 Å². The van der Waals surface area contributed by atoms with E-state index in [1.54, 1.807) is 38.7 Å². The largest absolute Gasteiger partial charge is 0.497 e. The minimum absolute atomic E-state index is 0.0647. The van der Waals surface area contributed by atoms with E-state index in [4.69, 9.17) is 15.2 Å². The number of hydrogen-bond donors (Lipinski definition) is 2. The lowest BCUT2D eigenvalue weighted by Gasteiger charge is -2.11. The zero-order valence-corrected chi connectivity index (χ0v) is 23.4. The molecule has 0 aliphatic rings. The highest BCUT2D eigenvalue weighted by atomic mass is 32.2. The maximum atomic E-state index is 11.9. The molecule has 4 heterocycles. The van der Waals surface area contributed by atoms with Gasteiger partial charge in [0.1, 0.15) is 11.5 Å². The molecule has 11 heteroatoms. The van der Waals surface area contributed by atoms with Crippen LogP contribution in [-0.4, -0.2) is 48.3 Å². The molecule has 0 radical (unpaired) electrons. The zero-order chi connectivity index (χ0) is 28.3. The summed E-state index contributed by atoms with van der Waals surface area (Å²) in [6.07, 6.45) is 3.42. The van der Waals surface area contributed by atoms with Crippen molar-refractivity contribution < 1.29 is 17.9 Å². The summed E-state index contributed by atoms with van der Waals surface area (Å²) in [4.78, 5) is 17.4. The number of rotatable bonds is 10. The van der Waals surface area contributed by atoms with Crippen LogP contribution in [0.1, 0.15) is 25.2 Å². The molecule has 0 spiro atoms. The molecule has 0 aromatic carbocycles. The number of nitrogens with zero attached hydrogens (tertiary/aromatic N) is 4. The first-order chi connectivity index (χ1) is 18.7. The topological polar surface area (TPSA) is 142 Å². The summed E-state index contributed by atoms with van der Waals surface area (Å²) in [7, 11) is -0.140. The van der Waals surface area contributed by atoms with E-state index in [1.807, 2.05) is 62.4 Å². The number of aromatic nitrogens is 4. The molecular weight excluding hydrogens is 516 g/mol. The van der Waals surface area contributed by atoms with Gasteiger partial charge in [-0.1, -0.05) is 26.0 Å². The van der Waals surface area contributed by atoms with Crippen LogP contribution < -0.4 is 19.9 Å². The average molecular weight is 551 g/mol.